The van der Waals surface area contributed by atoms with E-state index in [1.807, 2.05) is 12.1 Å². The molecular formula is C30H47N3O6. The van der Waals surface area contributed by atoms with Crippen LogP contribution in [0.4, 0.5) is 4.79 Å². The quantitative estimate of drug-likeness (QED) is 0.219. The zero-order valence-corrected chi connectivity index (χ0v) is 24.5. The van der Waals surface area contributed by atoms with Crippen molar-refractivity contribution in [1.29, 1.82) is 0 Å². The van der Waals surface area contributed by atoms with Gasteiger partial charge in [-0.2, -0.15) is 0 Å². The van der Waals surface area contributed by atoms with Crippen molar-refractivity contribution in [2.24, 2.45) is 0 Å². The predicted molar refractivity (Wildman–Crippen MR) is 153 cm³/mol. The second-order valence-electron chi connectivity index (χ2n) is 10.4. The van der Waals surface area contributed by atoms with E-state index in [4.69, 9.17) is 9.47 Å². The largest absolute Gasteiger partial charge is 0.466 e. The average Bonchev–Trinajstić information content (AvgIpc) is 2.86. The van der Waals surface area contributed by atoms with Gasteiger partial charge in [0.05, 0.1) is 13.0 Å². The molecule has 0 fully saturated rings. The smallest absolute Gasteiger partial charge is 0.408 e. The summed E-state index contributed by atoms with van der Waals surface area (Å²) in [5.74, 6) is -1.25. The van der Waals surface area contributed by atoms with Crippen molar-refractivity contribution in [3.8, 4) is 0 Å². The summed E-state index contributed by atoms with van der Waals surface area (Å²) in [6, 6.07) is 5.34. The van der Waals surface area contributed by atoms with E-state index in [-0.39, 0.29) is 19.6 Å². The van der Waals surface area contributed by atoms with Gasteiger partial charge in [0, 0.05) is 13.1 Å². The number of esters is 1. The topological polar surface area (TPSA) is 114 Å². The summed E-state index contributed by atoms with van der Waals surface area (Å²) >= 11 is 0. The van der Waals surface area contributed by atoms with E-state index >= 15 is 0 Å². The van der Waals surface area contributed by atoms with E-state index in [0.717, 1.165) is 31.2 Å². The Hall–Kier alpha value is -3.36. The minimum Gasteiger partial charge on any atom is -0.466 e. The number of unbranched alkanes of at least 4 members (excludes halogenated alkanes) is 4. The highest BCUT2D eigenvalue weighted by atomic mass is 16.6. The van der Waals surface area contributed by atoms with Crippen molar-refractivity contribution in [2.75, 3.05) is 19.7 Å². The van der Waals surface area contributed by atoms with E-state index < -0.39 is 41.6 Å². The van der Waals surface area contributed by atoms with Crippen molar-refractivity contribution in [2.45, 2.75) is 97.8 Å². The Morgan fingerprint density at radius 1 is 1.08 bits per heavy atom. The molecule has 0 bridgehead atoms. The molecule has 0 spiro atoms. The van der Waals surface area contributed by atoms with Gasteiger partial charge in [-0.3, -0.25) is 14.4 Å². The van der Waals surface area contributed by atoms with Crippen LogP contribution in [0.15, 0.2) is 30.8 Å². The molecule has 0 aliphatic carbocycles. The number of rotatable bonds is 16. The monoisotopic (exact) mass is 545 g/mol. The van der Waals surface area contributed by atoms with E-state index in [1.165, 1.54) is 4.90 Å². The molecule has 2 N–H and O–H groups in total. The molecule has 218 valence electrons. The molecule has 3 amide bonds. The highest BCUT2D eigenvalue weighted by Gasteiger charge is 2.34. The molecule has 0 aliphatic rings. The SMILES string of the molecule is C=Cc1cccc(C(C(=O)NCCC(=O)OCC)N(CCCCCCC)C(=O)C(C)NC(=O)OC(C)(C)C)c1. The van der Waals surface area contributed by atoms with Gasteiger partial charge in [0.2, 0.25) is 11.8 Å². The molecule has 39 heavy (non-hydrogen) atoms. The van der Waals surface area contributed by atoms with E-state index in [2.05, 4.69) is 24.1 Å². The maximum atomic E-state index is 13.8. The van der Waals surface area contributed by atoms with Crippen LogP contribution in [0.1, 0.15) is 97.2 Å². The normalized spacial score (nSPS) is 12.6. The Kier molecular flexibility index (Phi) is 14.9. The first-order valence-electron chi connectivity index (χ1n) is 13.9. The van der Waals surface area contributed by atoms with Gasteiger partial charge in [-0.25, -0.2) is 4.79 Å². The van der Waals surface area contributed by atoms with Crippen LogP contribution in [0.5, 0.6) is 0 Å². The first-order chi connectivity index (χ1) is 18.4. The predicted octanol–water partition coefficient (Wildman–Crippen LogP) is 5.15. The van der Waals surface area contributed by atoms with E-state index in [1.54, 1.807) is 52.8 Å². The number of amides is 3. The second-order valence-corrected chi connectivity index (χ2v) is 10.4. The van der Waals surface area contributed by atoms with Crippen molar-refractivity contribution in [3.05, 3.63) is 42.0 Å². The van der Waals surface area contributed by atoms with Crippen molar-refractivity contribution in [1.82, 2.24) is 15.5 Å². The zero-order valence-electron chi connectivity index (χ0n) is 24.5. The van der Waals surface area contributed by atoms with Gasteiger partial charge in [0.15, 0.2) is 0 Å². The van der Waals surface area contributed by atoms with E-state index in [0.29, 0.717) is 18.5 Å². The van der Waals surface area contributed by atoms with Crippen LogP contribution in [0.25, 0.3) is 6.08 Å². The molecule has 2 atom stereocenters. The van der Waals surface area contributed by atoms with Gasteiger partial charge in [0.1, 0.15) is 17.7 Å². The van der Waals surface area contributed by atoms with Gasteiger partial charge in [-0.05, 0) is 58.2 Å². The van der Waals surface area contributed by atoms with Crippen molar-refractivity contribution in [3.63, 3.8) is 0 Å². The Morgan fingerprint density at radius 2 is 1.77 bits per heavy atom. The van der Waals surface area contributed by atoms with Gasteiger partial charge in [-0.15, -0.1) is 0 Å². The lowest BCUT2D eigenvalue weighted by atomic mass is 10.00. The van der Waals surface area contributed by atoms with Crippen molar-refractivity contribution >= 4 is 30.0 Å². The minimum atomic E-state index is -0.978. The van der Waals surface area contributed by atoms with Crippen LogP contribution in [0.2, 0.25) is 0 Å². The lowest BCUT2D eigenvalue weighted by Crippen LogP contribution is -2.52. The molecule has 9 nitrogen and oxygen atoms in total. The third-order valence-corrected chi connectivity index (χ3v) is 5.85. The molecule has 1 aromatic rings. The maximum Gasteiger partial charge on any atom is 0.408 e. The Balaban J connectivity index is 3.31. The molecule has 0 aromatic heterocycles. The van der Waals surface area contributed by atoms with Crippen LogP contribution in [-0.4, -0.2) is 60.1 Å². The highest BCUT2D eigenvalue weighted by Crippen LogP contribution is 2.25. The molecule has 0 heterocycles. The van der Waals surface area contributed by atoms with Crippen LogP contribution in [-0.2, 0) is 23.9 Å². The summed E-state index contributed by atoms with van der Waals surface area (Å²) in [6.45, 7) is 15.1. The van der Waals surface area contributed by atoms with Gasteiger partial charge in [-0.1, -0.05) is 63.5 Å². The molecular weight excluding hydrogens is 498 g/mol. The number of nitrogens with zero attached hydrogens (tertiary/aromatic N) is 1. The Bertz CT molecular complexity index is 956. The number of hydrogen-bond donors (Lipinski definition) is 2. The fourth-order valence-corrected chi connectivity index (χ4v) is 3.99. The van der Waals surface area contributed by atoms with Gasteiger partial charge in [0.25, 0.3) is 0 Å². The first-order valence-corrected chi connectivity index (χ1v) is 13.9. The molecule has 1 rings (SSSR count). The fourth-order valence-electron chi connectivity index (χ4n) is 3.99. The number of nitrogens with one attached hydrogen (secondary N) is 2. The van der Waals surface area contributed by atoms with Crippen LogP contribution < -0.4 is 10.6 Å². The molecule has 1 aromatic carbocycles. The minimum absolute atomic E-state index is 0.0144. The van der Waals surface area contributed by atoms with E-state index in [9.17, 15) is 19.2 Å². The summed E-state index contributed by atoms with van der Waals surface area (Å²) in [5.41, 5.74) is 0.678. The zero-order chi connectivity index (χ0) is 29.4. The molecule has 9 heteroatoms. The van der Waals surface area contributed by atoms with Crippen LogP contribution in [0.3, 0.4) is 0 Å². The molecule has 0 saturated heterocycles. The lowest BCUT2D eigenvalue weighted by molar-refractivity contribution is -0.144. The fraction of sp³-hybridized carbons (Fsp3) is 0.600. The Morgan fingerprint density at radius 3 is 2.38 bits per heavy atom. The van der Waals surface area contributed by atoms with Crippen LogP contribution >= 0.6 is 0 Å². The highest BCUT2D eigenvalue weighted by molar-refractivity contribution is 5.92. The van der Waals surface area contributed by atoms with Crippen molar-refractivity contribution < 1.29 is 28.7 Å². The van der Waals surface area contributed by atoms with Gasteiger partial charge >= 0.3 is 12.1 Å². The summed E-state index contributed by atoms with van der Waals surface area (Å²) in [6.07, 6.45) is 5.75. The Labute approximate surface area is 233 Å². The standard InChI is InChI=1S/C30H47N3O6/c1-8-11-12-13-14-20-33(28(36)22(4)32-29(37)39-30(5,6)7)26(24-17-15-16-23(9-2)21-24)27(35)31-19-18-25(34)38-10-3/h9,15-17,21-22,26H,2,8,10-14,18-20H2,1,3-7H3,(H,31,35)(H,32,37). The summed E-state index contributed by atoms with van der Waals surface area (Å²) in [4.78, 5) is 53.1. The van der Waals surface area contributed by atoms with Crippen LogP contribution in [0, 0.1) is 0 Å². The molecule has 0 aliphatic heterocycles. The third kappa shape index (κ3) is 12.8. The molecule has 2 unspecified atom stereocenters. The number of carbonyl (C=O) groups is 4. The molecule has 0 radical (unpaired) electrons. The summed E-state index contributed by atoms with van der Waals surface area (Å²) in [7, 11) is 0. The second kappa shape index (κ2) is 17.3. The number of carbonyl (C=O) groups excluding carboxylic acids is 4. The average molecular weight is 546 g/mol. The number of alkyl carbamates (subject to hydrolysis) is 1. The first kappa shape index (κ1) is 33.7. The maximum absolute atomic E-state index is 13.8. The third-order valence-electron chi connectivity index (χ3n) is 5.85. The lowest BCUT2D eigenvalue weighted by Gasteiger charge is -2.34. The number of hydrogen-bond acceptors (Lipinski definition) is 6. The summed E-state index contributed by atoms with van der Waals surface area (Å²) < 4.78 is 10.3. The van der Waals surface area contributed by atoms with Gasteiger partial charge < -0.3 is 25.0 Å². The summed E-state index contributed by atoms with van der Waals surface area (Å²) in [5, 5.41) is 5.40. The number of benzene rings is 1. The molecule has 0 saturated carbocycles. The number of ether oxygens (including phenoxy) is 2.